The van der Waals surface area contributed by atoms with Gasteiger partial charge in [-0.15, -0.1) is 0 Å². The van der Waals surface area contributed by atoms with Crippen molar-refractivity contribution in [1.82, 2.24) is 0 Å². The van der Waals surface area contributed by atoms with Crippen LogP contribution in [-0.2, 0) is 9.59 Å². The fourth-order valence-electron chi connectivity index (χ4n) is 2.41. The first-order valence-corrected chi connectivity index (χ1v) is 4.92. The van der Waals surface area contributed by atoms with Crippen molar-refractivity contribution in [2.45, 2.75) is 17.7 Å². The zero-order valence-electron chi connectivity index (χ0n) is 6.37. The molecule has 0 spiro atoms. The minimum atomic E-state index is -0.808. The number of carbonyl (C=O) groups excluding carboxylic acids is 1. The van der Waals surface area contributed by atoms with Gasteiger partial charge in [-0.1, -0.05) is 15.9 Å². The van der Waals surface area contributed by atoms with Gasteiger partial charge in [0.15, 0.2) is 0 Å². The molecule has 3 nitrogen and oxygen atoms in total. The monoisotopic (exact) mass is 232 g/mol. The highest BCUT2D eigenvalue weighted by atomic mass is 79.9. The SMILES string of the molecule is O=C(O)[C@@H]1[C@@H]2CC(=O)[C@H]1C[C@H]2Br. The lowest BCUT2D eigenvalue weighted by molar-refractivity contribution is -0.144. The molecule has 66 valence electrons. The summed E-state index contributed by atoms with van der Waals surface area (Å²) < 4.78 is 0. The summed E-state index contributed by atoms with van der Waals surface area (Å²) in [5.41, 5.74) is 0. The van der Waals surface area contributed by atoms with Crippen LogP contribution >= 0.6 is 15.9 Å². The number of Topliss-reactive ketones (excluding diaryl/α,β-unsaturated/α-hetero) is 1. The number of hydrogen-bond acceptors (Lipinski definition) is 2. The summed E-state index contributed by atoms with van der Waals surface area (Å²) in [4.78, 5) is 22.2. The van der Waals surface area contributed by atoms with Crippen LogP contribution in [0.25, 0.3) is 0 Å². The topological polar surface area (TPSA) is 54.4 Å². The van der Waals surface area contributed by atoms with Crippen LogP contribution in [0.1, 0.15) is 12.8 Å². The van der Waals surface area contributed by atoms with E-state index in [4.69, 9.17) is 5.11 Å². The number of ketones is 1. The molecule has 0 saturated heterocycles. The highest BCUT2D eigenvalue weighted by Gasteiger charge is 2.55. The van der Waals surface area contributed by atoms with Gasteiger partial charge >= 0.3 is 5.97 Å². The van der Waals surface area contributed by atoms with Gasteiger partial charge in [0.25, 0.3) is 0 Å². The molecule has 0 aliphatic heterocycles. The Hall–Kier alpha value is -0.380. The van der Waals surface area contributed by atoms with E-state index in [0.29, 0.717) is 12.8 Å². The van der Waals surface area contributed by atoms with Crippen molar-refractivity contribution in [3.63, 3.8) is 0 Å². The van der Waals surface area contributed by atoms with Crippen LogP contribution in [-0.4, -0.2) is 21.7 Å². The van der Waals surface area contributed by atoms with Crippen molar-refractivity contribution in [3.8, 4) is 0 Å². The number of carboxylic acids is 1. The van der Waals surface area contributed by atoms with E-state index in [1.54, 1.807) is 0 Å². The first kappa shape index (κ1) is 8.23. The molecule has 0 aromatic rings. The minimum Gasteiger partial charge on any atom is -0.481 e. The Morgan fingerprint density at radius 3 is 2.58 bits per heavy atom. The number of rotatable bonds is 1. The summed E-state index contributed by atoms with van der Waals surface area (Å²) in [6.45, 7) is 0. The molecule has 4 heteroatoms. The number of aliphatic carboxylic acids is 1. The fourth-order valence-corrected chi connectivity index (χ4v) is 3.33. The molecule has 2 rings (SSSR count). The van der Waals surface area contributed by atoms with Gasteiger partial charge < -0.3 is 5.11 Å². The fraction of sp³-hybridized carbons (Fsp3) is 0.750. The molecule has 0 aromatic heterocycles. The van der Waals surface area contributed by atoms with E-state index < -0.39 is 11.9 Å². The van der Waals surface area contributed by atoms with Crippen molar-refractivity contribution in [2.75, 3.05) is 0 Å². The Morgan fingerprint density at radius 2 is 2.25 bits per heavy atom. The number of alkyl halides is 1. The summed E-state index contributed by atoms with van der Waals surface area (Å²) in [5.74, 6) is -1.25. The third kappa shape index (κ3) is 0.937. The molecule has 0 radical (unpaired) electrons. The predicted molar refractivity (Wildman–Crippen MR) is 45.1 cm³/mol. The van der Waals surface area contributed by atoms with Crippen LogP contribution in [0.3, 0.4) is 0 Å². The summed E-state index contributed by atoms with van der Waals surface area (Å²) in [5, 5.41) is 8.86. The van der Waals surface area contributed by atoms with Gasteiger partial charge in [-0.25, -0.2) is 0 Å². The Bertz CT molecular complexity index is 251. The Balaban J connectivity index is 2.28. The summed E-state index contributed by atoms with van der Waals surface area (Å²) >= 11 is 3.42. The van der Waals surface area contributed by atoms with Crippen molar-refractivity contribution in [2.24, 2.45) is 17.8 Å². The zero-order chi connectivity index (χ0) is 8.88. The molecule has 0 amide bonds. The van der Waals surface area contributed by atoms with Gasteiger partial charge in [0.2, 0.25) is 0 Å². The molecule has 2 bridgehead atoms. The summed E-state index contributed by atoms with van der Waals surface area (Å²) in [6, 6.07) is 0. The lowest BCUT2D eigenvalue weighted by Crippen LogP contribution is -2.20. The third-order valence-corrected chi connectivity index (χ3v) is 4.03. The van der Waals surface area contributed by atoms with E-state index >= 15 is 0 Å². The smallest absolute Gasteiger partial charge is 0.307 e. The standard InChI is InChI=1S/C8H9BrO3/c9-5-1-4-6(10)2-3(5)7(4)8(11)12/h3-5,7H,1-2H2,(H,11,12)/t3-,4-,5-,7-/m1/s1. The number of halogens is 1. The first-order chi connectivity index (χ1) is 5.61. The van der Waals surface area contributed by atoms with Crippen LogP contribution in [0.15, 0.2) is 0 Å². The van der Waals surface area contributed by atoms with Gasteiger partial charge in [0.05, 0.1) is 5.92 Å². The lowest BCUT2D eigenvalue weighted by Gasteiger charge is -2.13. The van der Waals surface area contributed by atoms with Gasteiger partial charge in [0, 0.05) is 17.2 Å². The van der Waals surface area contributed by atoms with E-state index in [0.717, 1.165) is 0 Å². The van der Waals surface area contributed by atoms with Crippen LogP contribution in [0, 0.1) is 17.8 Å². The molecule has 2 aliphatic carbocycles. The van der Waals surface area contributed by atoms with E-state index in [-0.39, 0.29) is 22.4 Å². The molecule has 0 aromatic carbocycles. The maximum Gasteiger partial charge on any atom is 0.307 e. The Kier molecular flexibility index (Phi) is 1.75. The Labute approximate surface area is 78.3 Å². The van der Waals surface area contributed by atoms with Crippen LogP contribution in [0.4, 0.5) is 0 Å². The quantitative estimate of drug-likeness (QED) is 0.689. The van der Waals surface area contributed by atoms with E-state index in [1.807, 2.05) is 0 Å². The second-order valence-electron chi connectivity index (χ2n) is 3.56. The molecule has 4 atom stereocenters. The van der Waals surface area contributed by atoms with Crippen LogP contribution in [0.5, 0.6) is 0 Å². The maximum absolute atomic E-state index is 11.2. The van der Waals surface area contributed by atoms with Crippen LogP contribution < -0.4 is 0 Å². The van der Waals surface area contributed by atoms with Gasteiger partial charge in [0.1, 0.15) is 5.78 Å². The molecule has 0 unspecified atom stereocenters. The van der Waals surface area contributed by atoms with Crippen molar-refractivity contribution < 1.29 is 14.7 Å². The summed E-state index contributed by atoms with van der Waals surface area (Å²) in [7, 11) is 0. The van der Waals surface area contributed by atoms with Crippen molar-refractivity contribution in [1.29, 1.82) is 0 Å². The highest BCUT2D eigenvalue weighted by Crippen LogP contribution is 2.50. The molecule has 2 fully saturated rings. The highest BCUT2D eigenvalue weighted by molar-refractivity contribution is 9.09. The lowest BCUT2D eigenvalue weighted by atomic mass is 9.98. The number of carbonyl (C=O) groups is 2. The predicted octanol–water partition coefficient (Wildman–Crippen LogP) is 1.06. The number of hydrogen-bond donors (Lipinski definition) is 1. The van der Waals surface area contributed by atoms with Crippen molar-refractivity contribution >= 4 is 27.7 Å². The Morgan fingerprint density at radius 1 is 1.58 bits per heavy atom. The molecule has 2 saturated carbocycles. The normalized spacial score (nSPS) is 45.2. The molecular formula is C8H9BrO3. The minimum absolute atomic E-state index is 0.0417. The second-order valence-corrected chi connectivity index (χ2v) is 4.73. The third-order valence-electron chi connectivity index (χ3n) is 2.97. The van der Waals surface area contributed by atoms with Gasteiger partial charge in [-0.05, 0) is 12.3 Å². The molecule has 0 heterocycles. The summed E-state index contributed by atoms with van der Waals surface area (Å²) in [6.07, 6.45) is 1.16. The molecule has 12 heavy (non-hydrogen) atoms. The van der Waals surface area contributed by atoms with Gasteiger partial charge in [-0.2, -0.15) is 0 Å². The zero-order valence-corrected chi connectivity index (χ0v) is 7.95. The molecule has 2 aliphatic rings. The van der Waals surface area contributed by atoms with Gasteiger partial charge in [-0.3, -0.25) is 9.59 Å². The average Bonchev–Trinajstić information content (AvgIpc) is 2.41. The second kappa shape index (κ2) is 2.55. The largest absolute Gasteiger partial charge is 0.481 e. The van der Waals surface area contributed by atoms with Crippen molar-refractivity contribution in [3.05, 3.63) is 0 Å². The maximum atomic E-state index is 11.2. The first-order valence-electron chi connectivity index (χ1n) is 4.01. The number of carboxylic acid groups (broad SMARTS) is 1. The van der Waals surface area contributed by atoms with E-state index in [9.17, 15) is 9.59 Å². The molecule has 1 N–H and O–H groups in total. The van der Waals surface area contributed by atoms with Crippen LogP contribution in [0.2, 0.25) is 0 Å². The van der Waals surface area contributed by atoms with E-state index in [1.165, 1.54) is 0 Å². The molecular weight excluding hydrogens is 224 g/mol. The number of fused-ring (bicyclic) bond motifs is 2. The average molecular weight is 233 g/mol. The van der Waals surface area contributed by atoms with E-state index in [2.05, 4.69) is 15.9 Å².